The largest absolute Gasteiger partial charge is 0.370 e. The number of benzene rings is 1. The first-order valence-corrected chi connectivity index (χ1v) is 7.71. The van der Waals surface area contributed by atoms with Gasteiger partial charge in [-0.25, -0.2) is 0 Å². The Morgan fingerprint density at radius 3 is 2.76 bits per heavy atom. The lowest BCUT2D eigenvalue weighted by atomic mass is 9.88. The molecule has 0 N–H and O–H groups in total. The van der Waals surface area contributed by atoms with Crippen LogP contribution in [0.5, 0.6) is 0 Å². The van der Waals surface area contributed by atoms with Gasteiger partial charge in [-0.2, -0.15) is 0 Å². The highest BCUT2D eigenvalue weighted by Gasteiger charge is 2.25. The molecule has 0 radical (unpaired) electrons. The van der Waals surface area contributed by atoms with E-state index in [2.05, 4.69) is 40.7 Å². The summed E-state index contributed by atoms with van der Waals surface area (Å²) in [7, 11) is 0. The lowest BCUT2D eigenvalue weighted by Gasteiger charge is -2.38. The topological polar surface area (TPSA) is 3.24 Å². The number of piperidine rings is 1. The summed E-state index contributed by atoms with van der Waals surface area (Å²) >= 11 is 9.91. The molecule has 1 heterocycles. The van der Waals surface area contributed by atoms with Crippen molar-refractivity contribution in [3.8, 4) is 0 Å². The van der Waals surface area contributed by atoms with Crippen LogP contribution >= 0.6 is 27.5 Å². The Hall–Kier alpha value is -0.210. The number of hydrogen-bond acceptors (Lipinski definition) is 1. The van der Waals surface area contributed by atoms with Crippen LogP contribution in [0.25, 0.3) is 0 Å². The molecule has 0 aliphatic carbocycles. The lowest BCUT2D eigenvalue weighted by Crippen LogP contribution is -2.39. The fourth-order valence-corrected chi connectivity index (χ4v) is 3.25. The minimum absolute atomic E-state index is 0.739. The molecule has 0 bridgehead atoms. The Kier molecular flexibility index (Phi) is 4.37. The van der Waals surface area contributed by atoms with Crippen LogP contribution in [0.15, 0.2) is 18.2 Å². The van der Waals surface area contributed by atoms with Crippen LogP contribution in [-0.2, 0) is 5.33 Å². The Morgan fingerprint density at radius 1 is 1.35 bits per heavy atom. The van der Waals surface area contributed by atoms with Gasteiger partial charge >= 0.3 is 0 Å². The molecule has 1 fully saturated rings. The maximum Gasteiger partial charge on any atom is 0.0642 e. The van der Waals surface area contributed by atoms with Crippen molar-refractivity contribution >= 4 is 33.2 Å². The average molecular weight is 317 g/mol. The molecule has 2 atom stereocenters. The van der Waals surface area contributed by atoms with Crippen molar-refractivity contribution < 1.29 is 0 Å². The Bertz CT molecular complexity index is 394. The highest BCUT2D eigenvalue weighted by molar-refractivity contribution is 9.08. The van der Waals surface area contributed by atoms with Crippen molar-refractivity contribution in [2.45, 2.75) is 25.6 Å². The summed E-state index contributed by atoms with van der Waals surface area (Å²) in [6, 6.07) is 6.17. The van der Waals surface area contributed by atoms with Gasteiger partial charge in [0, 0.05) is 18.4 Å². The first kappa shape index (κ1) is 13.2. The van der Waals surface area contributed by atoms with E-state index in [-0.39, 0.29) is 0 Å². The Morgan fingerprint density at radius 2 is 2.12 bits per heavy atom. The van der Waals surface area contributed by atoms with Gasteiger partial charge in [0.2, 0.25) is 0 Å². The minimum Gasteiger partial charge on any atom is -0.370 e. The van der Waals surface area contributed by atoms with Crippen LogP contribution in [0.1, 0.15) is 25.8 Å². The molecule has 1 aromatic rings. The lowest BCUT2D eigenvalue weighted by molar-refractivity contribution is 0.324. The molecule has 0 aromatic heterocycles. The summed E-state index contributed by atoms with van der Waals surface area (Å²) in [6.45, 7) is 6.92. The normalized spacial score (nSPS) is 25.1. The van der Waals surface area contributed by atoms with E-state index in [1.165, 1.54) is 17.7 Å². The zero-order valence-corrected chi connectivity index (χ0v) is 12.8. The van der Waals surface area contributed by atoms with Crippen molar-refractivity contribution in [1.29, 1.82) is 0 Å². The smallest absolute Gasteiger partial charge is 0.0642 e. The molecular weight excluding hydrogens is 298 g/mol. The van der Waals surface area contributed by atoms with Gasteiger partial charge in [0.15, 0.2) is 0 Å². The number of rotatable bonds is 2. The monoisotopic (exact) mass is 315 g/mol. The van der Waals surface area contributed by atoms with Crippen molar-refractivity contribution in [2.75, 3.05) is 18.0 Å². The molecule has 1 aliphatic heterocycles. The van der Waals surface area contributed by atoms with Gasteiger partial charge in [-0.15, -0.1) is 0 Å². The van der Waals surface area contributed by atoms with Gasteiger partial charge in [0.05, 0.1) is 10.7 Å². The Labute approximate surface area is 117 Å². The third-order valence-corrected chi connectivity index (χ3v) is 4.77. The second-order valence-electron chi connectivity index (χ2n) is 5.07. The van der Waals surface area contributed by atoms with E-state index in [4.69, 9.17) is 11.6 Å². The van der Waals surface area contributed by atoms with E-state index in [9.17, 15) is 0 Å². The third-order valence-electron chi connectivity index (χ3n) is 3.86. The maximum atomic E-state index is 6.36. The van der Waals surface area contributed by atoms with E-state index in [1.54, 1.807) is 0 Å². The summed E-state index contributed by atoms with van der Waals surface area (Å²) < 4.78 is 0. The molecule has 2 unspecified atom stereocenters. The highest BCUT2D eigenvalue weighted by atomic mass is 79.9. The van der Waals surface area contributed by atoms with Gasteiger partial charge in [-0.05, 0) is 29.9 Å². The first-order valence-electron chi connectivity index (χ1n) is 6.21. The van der Waals surface area contributed by atoms with Crippen molar-refractivity contribution in [3.63, 3.8) is 0 Å². The molecule has 94 valence electrons. The zero-order valence-electron chi connectivity index (χ0n) is 10.4. The van der Waals surface area contributed by atoms with Crippen molar-refractivity contribution in [2.24, 2.45) is 11.8 Å². The second-order valence-corrected chi connectivity index (χ2v) is 6.04. The van der Waals surface area contributed by atoms with E-state index in [1.807, 2.05) is 12.1 Å². The zero-order chi connectivity index (χ0) is 12.4. The molecular formula is C14H19BrClN. The highest BCUT2D eigenvalue weighted by Crippen LogP contribution is 2.35. The van der Waals surface area contributed by atoms with Crippen LogP contribution in [0.2, 0.25) is 5.02 Å². The number of anilines is 1. The number of hydrogen-bond donors (Lipinski definition) is 0. The summed E-state index contributed by atoms with van der Waals surface area (Å²) in [5, 5.41) is 1.74. The summed E-state index contributed by atoms with van der Waals surface area (Å²) in [4.78, 5) is 2.45. The SMILES string of the molecule is CC1CCN(c2c(Cl)cccc2CBr)CC1C. The molecule has 3 heteroatoms. The van der Waals surface area contributed by atoms with Gasteiger partial charge < -0.3 is 4.90 Å². The number of nitrogens with zero attached hydrogens (tertiary/aromatic N) is 1. The molecule has 1 aromatic carbocycles. The van der Waals surface area contributed by atoms with Crippen molar-refractivity contribution in [3.05, 3.63) is 28.8 Å². The fraction of sp³-hybridized carbons (Fsp3) is 0.571. The summed E-state index contributed by atoms with van der Waals surface area (Å²) in [6.07, 6.45) is 1.26. The standard InChI is InChI=1S/C14H19BrClN/c1-10-6-7-17(9-11(10)2)14-12(8-15)4-3-5-13(14)16/h3-5,10-11H,6-9H2,1-2H3. The maximum absolute atomic E-state index is 6.36. The van der Waals surface area contributed by atoms with E-state index in [0.717, 1.165) is 35.3 Å². The second kappa shape index (κ2) is 5.62. The fourth-order valence-electron chi connectivity index (χ4n) is 2.49. The van der Waals surface area contributed by atoms with E-state index in [0.29, 0.717) is 0 Å². The average Bonchev–Trinajstić information content (AvgIpc) is 2.32. The van der Waals surface area contributed by atoms with Gasteiger partial charge in [-0.1, -0.05) is 53.5 Å². The molecule has 0 spiro atoms. The molecule has 0 amide bonds. The predicted molar refractivity (Wildman–Crippen MR) is 79.2 cm³/mol. The van der Waals surface area contributed by atoms with E-state index < -0.39 is 0 Å². The van der Waals surface area contributed by atoms with Crippen LogP contribution in [0.3, 0.4) is 0 Å². The van der Waals surface area contributed by atoms with Gasteiger partial charge in [-0.3, -0.25) is 0 Å². The molecule has 1 saturated heterocycles. The quantitative estimate of drug-likeness (QED) is 0.714. The van der Waals surface area contributed by atoms with Crippen LogP contribution in [-0.4, -0.2) is 13.1 Å². The van der Waals surface area contributed by atoms with Gasteiger partial charge in [0.1, 0.15) is 0 Å². The third kappa shape index (κ3) is 2.79. The van der Waals surface area contributed by atoms with Crippen molar-refractivity contribution in [1.82, 2.24) is 0 Å². The molecule has 2 rings (SSSR count). The molecule has 1 nitrogen and oxygen atoms in total. The van der Waals surface area contributed by atoms with E-state index >= 15 is 0 Å². The number of alkyl halides is 1. The number of halogens is 2. The molecule has 17 heavy (non-hydrogen) atoms. The Balaban J connectivity index is 2.28. The summed E-state index contributed by atoms with van der Waals surface area (Å²) in [5.41, 5.74) is 2.52. The van der Waals surface area contributed by atoms with Crippen LogP contribution < -0.4 is 4.90 Å². The van der Waals surface area contributed by atoms with Crippen LogP contribution in [0, 0.1) is 11.8 Å². The molecule has 1 aliphatic rings. The first-order chi connectivity index (χ1) is 8.13. The van der Waals surface area contributed by atoms with Gasteiger partial charge in [0.25, 0.3) is 0 Å². The molecule has 0 saturated carbocycles. The van der Waals surface area contributed by atoms with Crippen LogP contribution in [0.4, 0.5) is 5.69 Å². The number of para-hydroxylation sites is 1. The predicted octanol–water partition coefficient (Wildman–Crippen LogP) is 4.72. The minimum atomic E-state index is 0.739. The summed E-state index contributed by atoms with van der Waals surface area (Å²) in [5.74, 6) is 1.56.